The first-order chi connectivity index (χ1) is 13.5. The van der Waals surface area contributed by atoms with Crippen LogP contribution in [-0.2, 0) is 4.79 Å². The number of nitrogens with zero attached hydrogens (tertiary/aromatic N) is 1. The highest BCUT2D eigenvalue weighted by molar-refractivity contribution is 6.39. The SMILES string of the molecule is O=C(N[C@@H](CNc1ncc(-c2ccccc2)[nH]1)C(=O)O)c1c(Cl)cccc1Cl. The zero-order valence-corrected chi connectivity index (χ0v) is 16.0. The molecule has 0 saturated heterocycles. The lowest BCUT2D eigenvalue weighted by molar-refractivity contribution is -0.138. The van der Waals surface area contributed by atoms with E-state index >= 15 is 0 Å². The molecule has 0 unspecified atom stereocenters. The predicted octanol–water partition coefficient (Wildman–Crippen LogP) is 3.68. The van der Waals surface area contributed by atoms with Crippen molar-refractivity contribution in [1.29, 1.82) is 0 Å². The number of imidazole rings is 1. The summed E-state index contributed by atoms with van der Waals surface area (Å²) in [4.78, 5) is 31.2. The van der Waals surface area contributed by atoms with E-state index in [0.29, 0.717) is 5.95 Å². The van der Waals surface area contributed by atoms with Gasteiger partial charge >= 0.3 is 5.97 Å². The minimum absolute atomic E-state index is 0.0291. The third-order valence-corrected chi connectivity index (χ3v) is 4.56. The molecule has 0 aliphatic heterocycles. The molecule has 0 saturated carbocycles. The van der Waals surface area contributed by atoms with E-state index in [9.17, 15) is 14.7 Å². The Morgan fingerprint density at radius 3 is 2.39 bits per heavy atom. The molecule has 1 aromatic heterocycles. The smallest absolute Gasteiger partial charge is 0.328 e. The van der Waals surface area contributed by atoms with Gasteiger partial charge in [-0.2, -0.15) is 0 Å². The van der Waals surface area contributed by atoms with Gasteiger partial charge in [0, 0.05) is 6.54 Å². The first-order valence-electron chi connectivity index (χ1n) is 8.27. The maximum Gasteiger partial charge on any atom is 0.328 e. The first kappa shape index (κ1) is 19.7. The van der Waals surface area contributed by atoms with Gasteiger partial charge in [0.1, 0.15) is 6.04 Å². The Hall–Kier alpha value is -3.03. The quantitative estimate of drug-likeness (QED) is 0.468. The molecular formula is C19H16Cl2N4O3. The van der Waals surface area contributed by atoms with Crippen molar-refractivity contribution in [1.82, 2.24) is 15.3 Å². The fourth-order valence-electron chi connectivity index (χ4n) is 2.52. The largest absolute Gasteiger partial charge is 0.480 e. The van der Waals surface area contributed by atoms with Crippen LogP contribution in [0.25, 0.3) is 11.3 Å². The zero-order chi connectivity index (χ0) is 20.1. The highest BCUT2D eigenvalue weighted by atomic mass is 35.5. The fraction of sp³-hybridized carbons (Fsp3) is 0.105. The molecule has 2 aromatic carbocycles. The molecule has 3 rings (SSSR count). The number of carbonyl (C=O) groups excluding carboxylic acids is 1. The lowest BCUT2D eigenvalue weighted by atomic mass is 10.2. The van der Waals surface area contributed by atoms with Crippen molar-refractivity contribution < 1.29 is 14.7 Å². The predicted molar refractivity (Wildman–Crippen MR) is 108 cm³/mol. The van der Waals surface area contributed by atoms with Crippen LogP contribution in [0.2, 0.25) is 10.0 Å². The zero-order valence-electron chi connectivity index (χ0n) is 14.4. The van der Waals surface area contributed by atoms with Crippen LogP contribution < -0.4 is 10.6 Å². The molecule has 144 valence electrons. The van der Waals surface area contributed by atoms with Crippen LogP contribution in [0.15, 0.2) is 54.7 Å². The normalized spacial score (nSPS) is 11.6. The Kier molecular flexibility index (Phi) is 6.18. The van der Waals surface area contributed by atoms with E-state index in [1.165, 1.54) is 12.1 Å². The number of aromatic nitrogens is 2. The van der Waals surface area contributed by atoms with Gasteiger partial charge in [0.25, 0.3) is 5.91 Å². The van der Waals surface area contributed by atoms with Gasteiger partial charge in [-0.3, -0.25) is 4.79 Å². The second-order valence-electron chi connectivity index (χ2n) is 5.85. The summed E-state index contributed by atoms with van der Waals surface area (Å²) in [6.07, 6.45) is 1.63. The molecule has 0 aliphatic carbocycles. The van der Waals surface area contributed by atoms with E-state index in [1.807, 2.05) is 30.3 Å². The van der Waals surface area contributed by atoms with E-state index in [4.69, 9.17) is 23.2 Å². The number of halogens is 2. The third kappa shape index (κ3) is 4.62. The number of rotatable bonds is 7. The van der Waals surface area contributed by atoms with Crippen molar-refractivity contribution in [3.05, 3.63) is 70.3 Å². The van der Waals surface area contributed by atoms with E-state index in [2.05, 4.69) is 20.6 Å². The van der Waals surface area contributed by atoms with E-state index in [0.717, 1.165) is 11.3 Å². The summed E-state index contributed by atoms with van der Waals surface area (Å²) in [5, 5.41) is 15.0. The van der Waals surface area contributed by atoms with Gasteiger partial charge in [-0.25, -0.2) is 9.78 Å². The van der Waals surface area contributed by atoms with Crippen molar-refractivity contribution >= 4 is 41.0 Å². The number of carbonyl (C=O) groups is 2. The number of nitrogens with one attached hydrogen (secondary N) is 3. The number of amides is 1. The van der Waals surface area contributed by atoms with Crippen molar-refractivity contribution in [3.8, 4) is 11.3 Å². The standard InChI is InChI=1S/C19H16Cl2N4O3/c20-12-7-4-8-13(21)16(12)17(26)24-15(18(27)28)10-23-19-22-9-14(25-19)11-5-2-1-3-6-11/h1-9,15H,10H2,(H,24,26)(H,27,28)(H2,22,23,25)/t15-/m0/s1. The van der Waals surface area contributed by atoms with E-state index in [-0.39, 0.29) is 22.2 Å². The molecule has 1 atom stereocenters. The van der Waals surface area contributed by atoms with Gasteiger partial charge in [-0.05, 0) is 17.7 Å². The second kappa shape index (κ2) is 8.77. The summed E-state index contributed by atoms with van der Waals surface area (Å²) in [5.41, 5.74) is 1.75. The number of aliphatic carboxylic acids is 1. The monoisotopic (exact) mass is 418 g/mol. The molecular weight excluding hydrogens is 403 g/mol. The van der Waals surface area contributed by atoms with Crippen LogP contribution >= 0.6 is 23.2 Å². The van der Waals surface area contributed by atoms with E-state index < -0.39 is 17.9 Å². The summed E-state index contributed by atoms with van der Waals surface area (Å²) in [5.74, 6) is -1.50. The molecule has 0 radical (unpaired) electrons. The first-order valence-corrected chi connectivity index (χ1v) is 9.03. The molecule has 9 heteroatoms. The van der Waals surface area contributed by atoms with Gasteiger partial charge in [-0.15, -0.1) is 0 Å². The highest BCUT2D eigenvalue weighted by Gasteiger charge is 2.23. The lowest BCUT2D eigenvalue weighted by Gasteiger charge is -2.16. The molecule has 7 nitrogen and oxygen atoms in total. The van der Waals surface area contributed by atoms with Crippen LogP contribution in [0.3, 0.4) is 0 Å². The van der Waals surface area contributed by atoms with Gasteiger partial charge in [0.05, 0.1) is 27.5 Å². The number of H-pyrrole nitrogens is 1. The molecule has 0 spiro atoms. The Balaban J connectivity index is 1.67. The summed E-state index contributed by atoms with van der Waals surface area (Å²) in [6, 6.07) is 12.9. The summed E-state index contributed by atoms with van der Waals surface area (Å²) in [7, 11) is 0. The van der Waals surface area contributed by atoms with Gasteiger partial charge < -0.3 is 20.7 Å². The Bertz CT molecular complexity index is 972. The number of anilines is 1. The van der Waals surface area contributed by atoms with Crippen LogP contribution in [0.4, 0.5) is 5.95 Å². The Labute approximate surface area is 170 Å². The van der Waals surface area contributed by atoms with Crippen LogP contribution in [0, 0.1) is 0 Å². The molecule has 1 heterocycles. The van der Waals surface area contributed by atoms with Crippen molar-refractivity contribution in [2.24, 2.45) is 0 Å². The number of carboxylic acids is 1. The molecule has 0 bridgehead atoms. The molecule has 28 heavy (non-hydrogen) atoms. The van der Waals surface area contributed by atoms with Crippen LogP contribution in [0.1, 0.15) is 10.4 Å². The number of benzene rings is 2. The van der Waals surface area contributed by atoms with Gasteiger partial charge in [0.15, 0.2) is 0 Å². The van der Waals surface area contributed by atoms with Crippen molar-refractivity contribution in [3.63, 3.8) is 0 Å². The minimum atomic E-state index is -1.22. The van der Waals surface area contributed by atoms with E-state index in [1.54, 1.807) is 12.3 Å². The summed E-state index contributed by atoms with van der Waals surface area (Å²) in [6.45, 7) is -0.0924. The van der Waals surface area contributed by atoms with Gasteiger partial charge in [-0.1, -0.05) is 59.6 Å². The molecule has 0 fully saturated rings. The molecule has 0 aliphatic rings. The molecule has 4 N–H and O–H groups in total. The number of hydrogen-bond donors (Lipinski definition) is 4. The fourth-order valence-corrected chi connectivity index (χ4v) is 3.09. The Morgan fingerprint density at radius 1 is 1.07 bits per heavy atom. The molecule has 3 aromatic rings. The minimum Gasteiger partial charge on any atom is -0.480 e. The van der Waals surface area contributed by atoms with Gasteiger partial charge in [0.2, 0.25) is 5.95 Å². The number of aromatic amines is 1. The lowest BCUT2D eigenvalue weighted by Crippen LogP contribution is -2.45. The second-order valence-corrected chi connectivity index (χ2v) is 6.67. The Morgan fingerprint density at radius 2 is 1.75 bits per heavy atom. The van der Waals surface area contributed by atoms with Crippen LogP contribution in [-0.4, -0.2) is 39.5 Å². The van der Waals surface area contributed by atoms with Crippen LogP contribution in [0.5, 0.6) is 0 Å². The van der Waals surface area contributed by atoms with Crippen molar-refractivity contribution in [2.45, 2.75) is 6.04 Å². The third-order valence-electron chi connectivity index (χ3n) is 3.93. The number of hydrogen-bond acceptors (Lipinski definition) is 4. The average molecular weight is 419 g/mol. The summed E-state index contributed by atoms with van der Waals surface area (Å²) >= 11 is 12.0. The maximum absolute atomic E-state index is 12.4. The topological polar surface area (TPSA) is 107 Å². The molecule has 1 amide bonds. The average Bonchev–Trinajstić information content (AvgIpc) is 3.14. The number of carboxylic acid groups (broad SMARTS) is 1. The van der Waals surface area contributed by atoms with Crippen molar-refractivity contribution in [2.75, 3.05) is 11.9 Å². The maximum atomic E-state index is 12.4. The summed E-state index contributed by atoms with van der Waals surface area (Å²) < 4.78 is 0. The highest BCUT2D eigenvalue weighted by Crippen LogP contribution is 2.24.